The van der Waals surface area contributed by atoms with Crippen LogP contribution in [0.1, 0.15) is 20.8 Å². The molecule has 0 fully saturated rings. The Morgan fingerprint density at radius 3 is 3.00 bits per heavy atom. The smallest absolute Gasteiger partial charge is 0.346 e. The zero-order valence-corrected chi connectivity index (χ0v) is 10.4. The molecule has 0 saturated heterocycles. The van der Waals surface area contributed by atoms with Crippen LogP contribution in [0.15, 0.2) is 17.0 Å². The van der Waals surface area contributed by atoms with Crippen molar-refractivity contribution in [3.63, 3.8) is 0 Å². The number of thiophene rings is 1. The Bertz CT molecular complexity index is 599. The molecule has 1 aliphatic heterocycles. The molecule has 0 spiro atoms. The van der Waals surface area contributed by atoms with E-state index in [4.69, 9.17) is 0 Å². The lowest BCUT2D eigenvalue weighted by molar-refractivity contribution is 0.0701. The molecule has 0 bridgehead atoms. The lowest BCUT2D eigenvalue weighted by Gasteiger charge is -2.14. The second kappa shape index (κ2) is 3.50. The van der Waals surface area contributed by atoms with E-state index in [1.165, 1.54) is 27.2 Å². The fourth-order valence-electron chi connectivity index (χ4n) is 2.18. The quantitative estimate of drug-likeness (QED) is 0.841. The van der Waals surface area contributed by atoms with Gasteiger partial charge >= 0.3 is 5.97 Å². The van der Waals surface area contributed by atoms with Crippen LogP contribution in [0.2, 0.25) is 0 Å². The maximum Gasteiger partial charge on any atom is 0.346 e. The molecular formula is C12H10O2S2. The van der Waals surface area contributed by atoms with Crippen LogP contribution in [0, 0.1) is 6.92 Å². The topological polar surface area (TPSA) is 37.3 Å². The Morgan fingerprint density at radius 1 is 1.44 bits per heavy atom. The zero-order valence-electron chi connectivity index (χ0n) is 8.74. The summed E-state index contributed by atoms with van der Waals surface area (Å²) in [5.74, 6) is 0.205. The normalized spacial score (nSPS) is 14.3. The summed E-state index contributed by atoms with van der Waals surface area (Å²) in [6.07, 6.45) is 0.878. The Balaban J connectivity index is 2.45. The van der Waals surface area contributed by atoms with E-state index in [2.05, 4.69) is 13.0 Å². The average Bonchev–Trinajstić information content (AvgIpc) is 2.64. The van der Waals surface area contributed by atoms with Gasteiger partial charge in [0.25, 0.3) is 0 Å². The van der Waals surface area contributed by atoms with E-state index in [9.17, 15) is 9.90 Å². The highest BCUT2D eigenvalue weighted by Gasteiger charge is 2.23. The summed E-state index contributed by atoms with van der Waals surface area (Å²) in [4.78, 5) is 13.0. The van der Waals surface area contributed by atoms with Crippen molar-refractivity contribution >= 4 is 39.2 Å². The van der Waals surface area contributed by atoms with Gasteiger partial charge < -0.3 is 5.11 Å². The molecule has 0 amide bonds. The van der Waals surface area contributed by atoms with Crippen molar-refractivity contribution in [1.29, 1.82) is 0 Å². The van der Waals surface area contributed by atoms with E-state index in [1.54, 1.807) is 0 Å². The summed E-state index contributed by atoms with van der Waals surface area (Å²) in [5.41, 5.74) is 2.30. The Hall–Kier alpha value is -1.000. The summed E-state index contributed by atoms with van der Waals surface area (Å²) in [6.45, 7) is 2.09. The minimum absolute atomic E-state index is 0.530. The lowest BCUT2D eigenvalue weighted by atomic mass is 10.1. The van der Waals surface area contributed by atoms with Gasteiger partial charge in [-0.1, -0.05) is 6.07 Å². The summed E-state index contributed by atoms with van der Waals surface area (Å²) in [6, 6.07) is 4.13. The molecule has 4 heteroatoms. The standard InChI is InChI=1S/C12H10O2S2/c1-6-2-3-8-9-7(4-5-15-10(6)9)11(16-8)12(13)14/h2-3H,4-5H2,1H3,(H,13,14). The SMILES string of the molecule is Cc1ccc2sc(C(=O)O)c3c2c1SCC3. The molecule has 0 atom stereocenters. The third-order valence-corrected chi connectivity index (χ3v) is 5.31. The molecule has 1 aromatic heterocycles. The molecule has 1 aromatic carbocycles. The van der Waals surface area contributed by atoms with Crippen LogP contribution in [-0.2, 0) is 6.42 Å². The molecule has 3 rings (SSSR count). The van der Waals surface area contributed by atoms with Gasteiger partial charge in [0.15, 0.2) is 0 Å². The van der Waals surface area contributed by atoms with Crippen molar-refractivity contribution in [1.82, 2.24) is 0 Å². The van der Waals surface area contributed by atoms with E-state index in [0.29, 0.717) is 4.88 Å². The summed E-state index contributed by atoms with van der Waals surface area (Å²) in [7, 11) is 0. The Morgan fingerprint density at radius 2 is 2.25 bits per heavy atom. The minimum Gasteiger partial charge on any atom is -0.477 e. The number of carboxylic acid groups (broad SMARTS) is 1. The average molecular weight is 250 g/mol. The number of carbonyl (C=O) groups is 1. The highest BCUT2D eigenvalue weighted by molar-refractivity contribution is 7.99. The molecule has 0 unspecified atom stereocenters. The fraction of sp³-hybridized carbons (Fsp3) is 0.250. The van der Waals surface area contributed by atoms with E-state index in [-0.39, 0.29) is 0 Å². The monoisotopic (exact) mass is 250 g/mol. The molecule has 16 heavy (non-hydrogen) atoms. The molecule has 2 heterocycles. The molecule has 2 nitrogen and oxygen atoms in total. The van der Waals surface area contributed by atoms with Crippen molar-refractivity contribution in [2.75, 3.05) is 5.75 Å². The number of aromatic carboxylic acids is 1. The first-order valence-corrected chi connectivity index (χ1v) is 6.90. The number of carboxylic acids is 1. The molecule has 0 aliphatic carbocycles. The number of thioether (sulfide) groups is 1. The highest BCUT2D eigenvalue weighted by Crippen LogP contribution is 2.43. The van der Waals surface area contributed by atoms with Crippen LogP contribution >= 0.6 is 23.1 Å². The third kappa shape index (κ3) is 1.30. The van der Waals surface area contributed by atoms with Crippen molar-refractivity contribution in [3.8, 4) is 0 Å². The molecule has 2 aromatic rings. The van der Waals surface area contributed by atoms with Gasteiger partial charge in [0.05, 0.1) is 0 Å². The molecule has 1 N–H and O–H groups in total. The first kappa shape index (κ1) is 10.2. The van der Waals surface area contributed by atoms with Crippen LogP contribution < -0.4 is 0 Å². The van der Waals surface area contributed by atoms with Crippen molar-refractivity contribution in [3.05, 3.63) is 28.1 Å². The van der Waals surface area contributed by atoms with Crippen LogP contribution in [0.4, 0.5) is 0 Å². The van der Waals surface area contributed by atoms with Crippen LogP contribution in [-0.4, -0.2) is 16.8 Å². The molecular weight excluding hydrogens is 240 g/mol. The second-order valence-corrected chi connectivity index (χ2v) is 6.06. The van der Waals surface area contributed by atoms with E-state index >= 15 is 0 Å². The molecule has 0 radical (unpaired) electrons. The van der Waals surface area contributed by atoms with E-state index in [1.807, 2.05) is 17.8 Å². The number of hydrogen-bond acceptors (Lipinski definition) is 3. The van der Waals surface area contributed by atoms with Gasteiger partial charge in [-0.05, 0) is 30.5 Å². The summed E-state index contributed by atoms with van der Waals surface area (Å²) in [5, 5.41) is 10.4. The number of rotatable bonds is 1. The second-order valence-electron chi connectivity index (χ2n) is 3.90. The van der Waals surface area contributed by atoms with Gasteiger partial charge in [0.1, 0.15) is 4.88 Å². The predicted molar refractivity (Wildman–Crippen MR) is 67.9 cm³/mol. The van der Waals surface area contributed by atoms with E-state index in [0.717, 1.165) is 22.4 Å². The van der Waals surface area contributed by atoms with Gasteiger partial charge in [-0.15, -0.1) is 23.1 Å². The van der Waals surface area contributed by atoms with Crippen LogP contribution in [0.25, 0.3) is 10.1 Å². The predicted octanol–water partition coefficient (Wildman–Crippen LogP) is 3.56. The van der Waals surface area contributed by atoms with Gasteiger partial charge in [-0.3, -0.25) is 0 Å². The molecule has 82 valence electrons. The molecule has 0 saturated carbocycles. The van der Waals surface area contributed by atoms with Gasteiger partial charge in [-0.2, -0.15) is 0 Å². The third-order valence-electron chi connectivity index (χ3n) is 2.90. The van der Waals surface area contributed by atoms with Crippen molar-refractivity contribution in [2.45, 2.75) is 18.2 Å². The largest absolute Gasteiger partial charge is 0.477 e. The zero-order chi connectivity index (χ0) is 11.3. The van der Waals surface area contributed by atoms with Gasteiger partial charge in [0.2, 0.25) is 0 Å². The summed E-state index contributed by atoms with van der Waals surface area (Å²) >= 11 is 3.25. The van der Waals surface area contributed by atoms with Crippen LogP contribution in [0.3, 0.4) is 0 Å². The van der Waals surface area contributed by atoms with Crippen LogP contribution in [0.5, 0.6) is 0 Å². The Kier molecular flexibility index (Phi) is 2.23. The maximum atomic E-state index is 11.2. The molecule has 1 aliphatic rings. The minimum atomic E-state index is -0.785. The van der Waals surface area contributed by atoms with Crippen molar-refractivity contribution in [2.24, 2.45) is 0 Å². The fourth-order valence-corrected chi connectivity index (χ4v) is 4.52. The first-order chi connectivity index (χ1) is 7.68. The van der Waals surface area contributed by atoms with Gasteiger partial charge in [0, 0.05) is 20.7 Å². The Labute approximate surface area is 101 Å². The first-order valence-electron chi connectivity index (χ1n) is 5.09. The number of aryl methyl sites for hydroxylation is 2. The highest BCUT2D eigenvalue weighted by atomic mass is 32.2. The lowest BCUT2D eigenvalue weighted by Crippen LogP contribution is -2.03. The summed E-state index contributed by atoms with van der Waals surface area (Å²) < 4.78 is 1.11. The maximum absolute atomic E-state index is 11.2. The van der Waals surface area contributed by atoms with Crippen molar-refractivity contribution < 1.29 is 9.90 Å². The van der Waals surface area contributed by atoms with E-state index < -0.39 is 5.97 Å². The van der Waals surface area contributed by atoms with Gasteiger partial charge in [-0.25, -0.2) is 4.79 Å². The number of benzene rings is 1. The number of hydrogen-bond donors (Lipinski definition) is 1.